The number of ketones is 2. The van der Waals surface area contributed by atoms with Crippen LogP contribution < -0.4 is 5.32 Å². The molecule has 0 heterocycles. The number of carbonyl (C=O) groups is 4. The van der Waals surface area contributed by atoms with Gasteiger partial charge in [-0.3, -0.25) is 19.2 Å². The van der Waals surface area contributed by atoms with Crippen LogP contribution in [0.4, 0.5) is 0 Å². The number of rotatable bonds is 6. The lowest BCUT2D eigenvalue weighted by molar-refractivity contribution is -0.148. The minimum Gasteiger partial charge on any atom is -0.462 e. The highest BCUT2D eigenvalue weighted by atomic mass is 16.5. The molecule has 198 valence electrons. The van der Waals surface area contributed by atoms with E-state index < -0.39 is 0 Å². The highest BCUT2D eigenvalue weighted by molar-refractivity contribution is 6.08. The molecule has 0 unspecified atom stereocenters. The summed E-state index contributed by atoms with van der Waals surface area (Å²) in [4.78, 5) is 49.4. The molecule has 4 rings (SSSR count). The van der Waals surface area contributed by atoms with Crippen LogP contribution in [0.5, 0.6) is 0 Å². The number of allylic oxidation sites excluding steroid dienone is 3. The van der Waals surface area contributed by atoms with Crippen molar-refractivity contribution in [1.29, 1.82) is 0 Å². The molecule has 0 spiro atoms. The summed E-state index contributed by atoms with van der Waals surface area (Å²) < 4.78 is 5.55. The molecule has 3 fully saturated rings. The fourth-order valence-electron chi connectivity index (χ4n) is 8.32. The van der Waals surface area contributed by atoms with E-state index in [2.05, 4.69) is 25.2 Å². The lowest BCUT2D eigenvalue weighted by Crippen LogP contribution is -2.49. The fraction of sp³-hybridized carbons (Fsp3) is 0.733. The van der Waals surface area contributed by atoms with E-state index in [0.717, 1.165) is 44.1 Å². The van der Waals surface area contributed by atoms with Gasteiger partial charge in [-0.15, -0.1) is 0 Å². The van der Waals surface area contributed by atoms with Gasteiger partial charge in [0, 0.05) is 44.7 Å². The number of fused-ring (bicyclic) bond motifs is 5. The molecule has 4 aliphatic rings. The number of carbonyl (C=O) groups excluding carboxylic acids is 4. The molecule has 0 aromatic heterocycles. The summed E-state index contributed by atoms with van der Waals surface area (Å²) in [5, 5.41) is 2.83. The topological polar surface area (TPSA) is 89.5 Å². The van der Waals surface area contributed by atoms with Crippen LogP contribution in [0.25, 0.3) is 0 Å². The third-order valence-corrected chi connectivity index (χ3v) is 10.1. The maximum Gasteiger partial charge on any atom is 0.302 e. The van der Waals surface area contributed by atoms with Crippen LogP contribution in [-0.4, -0.2) is 35.6 Å². The number of hydrogen-bond donors (Lipinski definition) is 1. The molecule has 7 atom stereocenters. The summed E-state index contributed by atoms with van der Waals surface area (Å²) >= 11 is 0. The first kappa shape index (κ1) is 26.8. The van der Waals surface area contributed by atoms with Gasteiger partial charge >= 0.3 is 5.97 Å². The lowest BCUT2D eigenvalue weighted by Gasteiger charge is -2.57. The Morgan fingerprint density at radius 2 is 1.75 bits per heavy atom. The molecule has 36 heavy (non-hydrogen) atoms. The largest absolute Gasteiger partial charge is 0.462 e. The molecule has 0 aromatic rings. The Bertz CT molecular complexity index is 1020. The number of hydrogen-bond acceptors (Lipinski definition) is 5. The molecule has 0 aromatic carbocycles. The molecule has 6 nitrogen and oxygen atoms in total. The summed E-state index contributed by atoms with van der Waals surface area (Å²) in [5.41, 5.74) is 2.70. The van der Waals surface area contributed by atoms with Gasteiger partial charge in [0.1, 0.15) is 6.10 Å². The third-order valence-electron chi connectivity index (χ3n) is 10.1. The van der Waals surface area contributed by atoms with Crippen LogP contribution in [0.2, 0.25) is 0 Å². The van der Waals surface area contributed by atoms with E-state index in [1.54, 1.807) is 0 Å². The van der Waals surface area contributed by atoms with Gasteiger partial charge in [-0.1, -0.05) is 25.5 Å². The van der Waals surface area contributed by atoms with Crippen molar-refractivity contribution in [3.05, 3.63) is 22.8 Å². The van der Waals surface area contributed by atoms with Crippen LogP contribution in [0, 0.1) is 28.6 Å². The molecule has 0 radical (unpaired) electrons. The van der Waals surface area contributed by atoms with Crippen molar-refractivity contribution in [3.8, 4) is 0 Å². The zero-order valence-corrected chi connectivity index (χ0v) is 22.9. The Balaban J connectivity index is 1.54. The van der Waals surface area contributed by atoms with Crippen molar-refractivity contribution < 1.29 is 23.9 Å². The summed E-state index contributed by atoms with van der Waals surface area (Å²) in [6.07, 6.45) is 9.51. The van der Waals surface area contributed by atoms with Crippen molar-refractivity contribution >= 4 is 23.4 Å². The first-order chi connectivity index (χ1) is 16.9. The summed E-state index contributed by atoms with van der Waals surface area (Å²) in [6.45, 7) is 11.3. The van der Waals surface area contributed by atoms with Crippen molar-refractivity contribution in [1.82, 2.24) is 5.32 Å². The number of Topliss-reactive ketones (excluding diaryl/α,β-unsaturated/α-hetero) is 2. The van der Waals surface area contributed by atoms with E-state index >= 15 is 0 Å². The predicted molar refractivity (Wildman–Crippen MR) is 138 cm³/mol. The molecule has 1 N–H and O–H groups in total. The smallest absolute Gasteiger partial charge is 0.302 e. The first-order valence-corrected chi connectivity index (χ1v) is 13.8. The van der Waals surface area contributed by atoms with Gasteiger partial charge in [-0.05, 0) is 86.5 Å². The molecule has 6 heteroatoms. The first-order valence-electron chi connectivity index (χ1n) is 13.8. The highest BCUT2D eigenvalue weighted by Crippen LogP contribution is 2.65. The Morgan fingerprint density at radius 1 is 1.06 bits per heavy atom. The van der Waals surface area contributed by atoms with Crippen molar-refractivity contribution in [2.24, 2.45) is 28.6 Å². The molecule has 0 aliphatic heterocycles. The SMILES string of the molecule is CC(=O)N[C@H](C)CCC(=O)/C(C)=C1\C(=O)C[C@@H]2[C@@H]3CC=C4C[C@@H](OC(C)=O)CC[C@]4(C)[C@H]3CC[C@]12C. The highest BCUT2D eigenvalue weighted by Gasteiger charge is 2.60. The average molecular weight is 498 g/mol. The Hall–Kier alpha value is -2.24. The second-order valence-corrected chi connectivity index (χ2v) is 12.4. The van der Waals surface area contributed by atoms with Crippen molar-refractivity contribution in [2.45, 2.75) is 111 Å². The van der Waals surface area contributed by atoms with E-state index in [1.165, 1.54) is 19.4 Å². The van der Waals surface area contributed by atoms with Crippen LogP contribution >= 0.6 is 0 Å². The van der Waals surface area contributed by atoms with E-state index in [-0.39, 0.29) is 52.3 Å². The Kier molecular flexibility index (Phi) is 7.38. The molecule has 1 amide bonds. The van der Waals surface area contributed by atoms with Crippen LogP contribution in [-0.2, 0) is 23.9 Å². The average Bonchev–Trinajstić information content (AvgIpc) is 3.06. The monoisotopic (exact) mass is 497 g/mol. The molecule has 4 aliphatic carbocycles. The summed E-state index contributed by atoms with van der Waals surface area (Å²) in [6, 6.07) is -0.0674. The molecule has 0 saturated heterocycles. The summed E-state index contributed by atoms with van der Waals surface area (Å²) in [7, 11) is 0. The van der Waals surface area contributed by atoms with Crippen molar-refractivity contribution in [2.75, 3.05) is 0 Å². The lowest BCUT2D eigenvalue weighted by atomic mass is 9.47. The Labute approximate surface area is 215 Å². The van der Waals surface area contributed by atoms with Gasteiger partial charge in [0.05, 0.1) is 0 Å². The number of nitrogens with one attached hydrogen (secondary N) is 1. The van der Waals surface area contributed by atoms with E-state index in [4.69, 9.17) is 4.74 Å². The van der Waals surface area contributed by atoms with E-state index in [0.29, 0.717) is 36.7 Å². The number of ether oxygens (including phenoxy) is 1. The van der Waals surface area contributed by atoms with Crippen molar-refractivity contribution in [3.63, 3.8) is 0 Å². The summed E-state index contributed by atoms with van der Waals surface area (Å²) in [5.74, 6) is 1.11. The van der Waals surface area contributed by atoms with E-state index in [9.17, 15) is 19.2 Å². The zero-order chi connectivity index (χ0) is 26.4. The Morgan fingerprint density at radius 3 is 2.42 bits per heavy atom. The maximum absolute atomic E-state index is 13.4. The molecular formula is C30H43NO5. The van der Waals surface area contributed by atoms with E-state index in [1.807, 2.05) is 13.8 Å². The second kappa shape index (κ2) is 9.90. The fourth-order valence-corrected chi connectivity index (χ4v) is 8.32. The van der Waals surface area contributed by atoms with Gasteiger partial charge in [-0.25, -0.2) is 0 Å². The molecule has 0 bridgehead atoms. The third kappa shape index (κ3) is 4.72. The van der Waals surface area contributed by atoms with Gasteiger partial charge in [0.2, 0.25) is 5.91 Å². The van der Waals surface area contributed by atoms with Gasteiger partial charge in [0.15, 0.2) is 11.6 Å². The van der Waals surface area contributed by atoms with Crippen LogP contribution in [0.1, 0.15) is 99.3 Å². The standard InChI is InChI=1S/C30H43NO5/c1-17(31-19(3)32)7-10-26(34)18(2)28-27(35)16-25-23-9-8-21-15-22(36-20(4)33)11-13-29(21,5)24(23)12-14-30(25,28)6/h8,17,22-25H,7,9-16H2,1-6H3,(H,31,32)/b28-18+/t17-,22+,23-,24+,25-,29+,30+/m1/s1. The minimum atomic E-state index is -0.252. The van der Waals surface area contributed by atoms with Crippen LogP contribution in [0.15, 0.2) is 22.8 Å². The van der Waals surface area contributed by atoms with Gasteiger partial charge in [0.25, 0.3) is 0 Å². The quantitative estimate of drug-likeness (QED) is 0.308. The van der Waals surface area contributed by atoms with Gasteiger partial charge in [-0.2, -0.15) is 0 Å². The normalized spacial score (nSPS) is 37.6. The molecule has 3 saturated carbocycles. The van der Waals surface area contributed by atoms with Gasteiger partial charge < -0.3 is 10.1 Å². The second-order valence-electron chi connectivity index (χ2n) is 12.4. The van der Waals surface area contributed by atoms with Crippen LogP contribution in [0.3, 0.4) is 0 Å². The number of esters is 1. The predicted octanol–water partition coefficient (Wildman–Crippen LogP) is 5.25. The molecular weight excluding hydrogens is 454 g/mol. The zero-order valence-electron chi connectivity index (χ0n) is 22.9. The number of amides is 1. The minimum absolute atomic E-state index is 0.0168. The maximum atomic E-state index is 13.4.